The molecule has 25 heavy (non-hydrogen) atoms. The first-order chi connectivity index (χ1) is 12.0. The summed E-state index contributed by atoms with van der Waals surface area (Å²) >= 11 is 0. The van der Waals surface area contributed by atoms with Crippen molar-refractivity contribution in [3.8, 4) is 0 Å². The number of benzene rings is 1. The molecule has 3 rings (SSSR count). The van der Waals surface area contributed by atoms with E-state index < -0.39 is 0 Å². The van der Waals surface area contributed by atoms with Crippen LogP contribution in [0.4, 0.5) is 0 Å². The number of aryl methyl sites for hydroxylation is 2. The van der Waals surface area contributed by atoms with Crippen molar-refractivity contribution in [1.29, 1.82) is 0 Å². The molecule has 138 valence electrons. The van der Waals surface area contributed by atoms with Crippen molar-refractivity contribution in [1.82, 2.24) is 15.1 Å². The van der Waals surface area contributed by atoms with Gasteiger partial charge in [-0.05, 0) is 61.9 Å². The molecule has 1 aromatic carbocycles. The van der Waals surface area contributed by atoms with Crippen LogP contribution in [0.15, 0.2) is 18.2 Å². The maximum absolute atomic E-state index is 12.7. The molecule has 0 radical (unpaired) electrons. The van der Waals surface area contributed by atoms with E-state index in [0.717, 1.165) is 51.1 Å². The Morgan fingerprint density at radius 1 is 1.08 bits per heavy atom. The number of likely N-dealkylation sites (N-methyl/N-ethyl adjacent to an activating group) is 1. The third kappa shape index (κ3) is 4.62. The molecule has 4 nitrogen and oxygen atoms in total. The van der Waals surface area contributed by atoms with Gasteiger partial charge in [0, 0.05) is 44.3 Å². The van der Waals surface area contributed by atoms with Gasteiger partial charge < -0.3 is 10.2 Å². The smallest absolute Gasteiger partial charge is 0.251 e. The Labute approximate surface area is 152 Å². The van der Waals surface area contributed by atoms with Gasteiger partial charge in [0.15, 0.2) is 0 Å². The highest BCUT2D eigenvalue weighted by Crippen LogP contribution is 2.22. The summed E-state index contributed by atoms with van der Waals surface area (Å²) in [7, 11) is 2.18. The number of hydrogen-bond acceptors (Lipinski definition) is 3. The minimum atomic E-state index is 0.0770. The van der Waals surface area contributed by atoms with Gasteiger partial charge in [-0.25, -0.2) is 0 Å². The summed E-state index contributed by atoms with van der Waals surface area (Å²) < 4.78 is 0. The zero-order chi connectivity index (χ0) is 17.8. The number of hydrogen-bond donors (Lipinski definition) is 1. The monoisotopic (exact) mass is 343 g/mol. The average Bonchev–Trinajstić information content (AvgIpc) is 2.62. The summed E-state index contributed by atoms with van der Waals surface area (Å²) in [5.74, 6) is 0.611. The largest absolute Gasteiger partial charge is 0.350 e. The quantitative estimate of drug-likeness (QED) is 0.892. The molecular weight excluding hydrogens is 310 g/mol. The van der Waals surface area contributed by atoms with Crippen LogP contribution < -0.4 is 5.32 Å². The number of piperazine rings is 1. The number of carbonyl (C=O) groups excluding carboxylic acids is 1. The number of rotatable bonds is 5. The maximum Gasteiger partial charge on any atom is 0.251 e. The van der Waals surface area contributed by atoms with Gasteiger partial charge in [0.2, 0.25) is 0 Å². The van der Waals surface area contributed by atoms with E-state index in [0.29, 0.717) is 12.0 Å². The lowest BCUT2D eigenvalue weighted by molar-refractivity contribution is 0.0791. The highest BCUT2D eigenvalue weighted by atomic mass is 16.1. The summed E-state index contributed by atoms with van der Waals surface area (Å²) in [4.78, 5) is 17.6. The van der Waals surface area contributed by atoms with Gasteiger partial charge in [-0.15, -0.1) is 0 Å². The molecule has 4 heteroatoms. The fraction of sp³-hybridized carbons (Fsp3) is 0.667. The summed E-state index contributed by atoms with van der Waals surface area (Å²) in [6.45, 7) is 9.66. The second kappa shape index (κ2) is 8.33. The highest BCUT2D eigenvalue weighted by molar-refractivity contribution is 5.94. The highest BCUT2D eigenvalue weighted by Gasteiger charge is 2.25. The SMILES string of the molecule is CC(C)[C@@H](CNC(=O)c1ccc2c(c1)CCCC2)N1CCN(C)CC1. The molecule has 1 saturated heterocycles. The van der Waals surface area contributed by atoms with Gasteiger partial charge in [0.05, 0.1) is 0 Å². The normalized spacial score (nSPS) is 20.3. The molecular formula is C21H33N3O. The zero-order valence-electron chi connectivity index (χ0n) is 16.1. The van der Waals surface area contributed by atoms with Crippen molar-refractivity contribution in [3.63, 3.8) is 0 Å². The molecule has 0 aromatic heterocycles. The summed E-state index contributed by atoms with van der Waals surface area (Å²) in [6.07, 6.45) is 4.80. The lowest BCUT2D eigenvalue weighted by Gasteiger charge is -2.39. The fourth-order valence-electron chi connectivity index (χ4n) is 4.11. The van der Waals surface area contributed by atoms with Gasteiger partial charge in [-0.3, -0.25) is 9.69 Å². The van der Waals surface area contributed by atoms with Crippen molar-refractivity contribution in [2.75, 3.05) is 39.8 Å². The first-order valence-corrected chi connectivity index (χ1v) is 9.87. The van der Waals surface area contributed by atoms with Gasteiger partial charge in [-0.1, -0.05) is 19.9 Å². The van der Waals surface area contributed by atoms with Crippen LogP contribution in [0.25, 0.3) is 0 Å². The van der Waals surface area contributed by atoms with E-state index in [2.05, 4.69) is 48.1 Å². The van der Waals surface area contributed by atoms with Crippen LogP contribution in [0.3, 0.4) is 0 Å². The van der Waals surface area contributed by atoms with E-state index in [-0.39, 0.29) is 5.91 Å². The molecule has 1 aliphatic carbocycles. The molecule has 1 aromatic rings. The number of amides is 1. The predicted octanol–water partition coefficient (Wildman–Crippen LogP) is 2.57. The van der Waals surface area contributed by atoms with Crippen molar-refractivity contribution in [3.05, 3.63) is 34.9 Å². The van der Waals surface area contributed by atoms with Crippen LogP contribution in [-0.4, -0.2) is 61.5 Å². The first kappa shape index (κ1) is 18.4. The van der Waals surface area contributed by atoms with Crippen LogP contribution >= 0.6 is 0 Å². The van der Waals surface area contributed by atoms with Crippen LogP contribution in [0.2, 0.25) is 0 Å². The second-order valence-electron chi connectivity index (χ2n) is 8.05. The molecule has 0 unspecified atom stereocenters. The van der Waals surface area contributed by atoms with Crippen molar-refractivity contribution in [2.24, 2.45) is 5.92 Å². The molecule has 0 saturated carbocycles. The van der Waals surface area contributed by atoms with E-state index >= 15 is 0 Å². The fourth-order valence-corrected chi connectivity index (χ4v) is 4.11. The molecule has 1 fully saturated rings. The maximum atomic E-state index is 12.7. The Kier molecular flexibility index (Phi) is 6.13. The van der Waals surface area contributed by atoms with Gasteiger partial charge in [0.1, 0.15) is 0 Å². The van der Waals surface area contributed by atoms with E-state index in [1.54, 1.807) is 0 Å². The zero-order valence-corrected chi connectivity index (χ0v) is 16.1. The standard InChI is InChI=1S/C21H33N3O/c1-16(2)20(24-12-10-23(3)11-13-24)15-22-21(25)19-9-8-17-6-4-5-7-18(17)14-19/h8-9,14,16,20H,4-7,10-13,15H2,1-3H3,(H,22,25)/t20-/m1/s1. The third-order valence-corrected chi connectivity index (χ3v) is 5.86. The molecule has 1 atom stereocenters. The molecule has 1 N–H and O–H groups in total. The van der Waals surface area contributed by atoms with Gasteiger partial charge in [-0.2, -0.15) is 0 Å². The van der Waals surface area contributed by atoms with Crippen LogP contribution in [-0.2, 0) is 12.8 Å². The van der Waals surface area contributed by atoms with Crippen LogP contribution in [0.5, 0.6) is 0 Å². The number of fused-ring (bicyclic) bond motifs is 1. The van der Waals surface area contributed by atoms with E-state index in [4.69, 9.17) is 0 Å². The molecule has 0 spiro atoms. The topological polar surface area (TPSA) is 35.6 Å². The summed E-state index contributed by atoms with van der Waals surface area (Å²) in [5.41, 5.74) is 3.63. The summed E-state index contributed by atoms with van der Waals surface area (Å²) in [5, 5.41) is 3.20. The minimum Gasteiger partial charge on any atom is -0.350 e. The van der Waals surface area contributed by atoms with E-state index in [1.807, 2.05) is 6.07 Å². The molecule has 1 heterocycles. The third-order valence-electron chi connectivity index (χ3n) is 5.86. The molecule has 1 aliphatic heterocycles. The lowest BCUT2D eigenvalue weighted by Crippen LogP contribution is -2.54. The van der Waals surface area contributed by atoms with Crippen molar-refractivity contribution < 1.29 is 4.79 Å². The van der Waals surface area contributed by atoms with E-state index in [1.165, 1.54) is 24.0 Å². The average molecular weight is 344 g/mol. The Morgan fingerprint density at radius 2 is 1.76 bits per heavy atom. The number of nitrogens with one attached hydrogen (secondary N) is 1. The Hall–Kier alpha value is -1.39. The van der Waals surface area contributed by atoms with E-state index in [9.17, 15) is 4.79 Å². The Morgan fingerprint density at radius 3 is 2.44 bits per heavy atom. The van der Waals surface area contributed by atoms with Crippen LogP contribution in [0.1, 0.15) is 48.2 Å². The second-order valence-corrected chi connectivity index (χ2v) is 8.05. The first-order valence-electron chi connectivity index (χ1n) is 9.87. The van der Waals surface area contributed by atoms with Crippen molar-refractivity contribution >= 4 is 5.91 Å². The van der Waals surface area contributed by atoms with Crippen molar-refractivity contribution in [2.45, 2.75) is 45.6 Å². The number of carbonyl (C=O) groups is 1. The minimum absolute atomic E-state index is 0.0770. The predicted molar refractivity (Wildman–Crippen MR) is 103 cm³/mol. The van der Waals surface area contributed by atoms with Gasteiger partial charge >= 0.3 is 0 Å². The molecule has 1 amide bonds. The molecule has 0 bridgehead atoms. The summed E-state index contributed by atoms with van der Waals surface area (Å²) in [6, 6.07) is 6.68. The Bertz CT molecular complexity index is 591. The van der Waals surface area contributed by atoms with Crippen LogP contribution in [0, 0.1) is 5.92 Å². The Balaban J connectivity index is 1.59. The van der Waals surface area contributed by atoms with Gasteiger partial charge in [0.25, 0.3) is 5.91 Å². The molecule has 2 aliphatic rings. The number of nitrogens with zero attached hydrogens (tertiary/aromatic N) is 2. The lowest BCUT2D eigenvalue weighted by atomic mass is 9.90.